The summed E-state index contributed by atoms with van der Waals surface area (Å²) in [6, 6.07) is 0.682. The zero-order valence-electron chi connectivity index (χ0n) is 10.7. The van der Waals surface area contributed by atoms with Crippen LogP contribution in [0.25, 0.3) is 0 Å². The van der Waals surface area contributed by atoms with Crippen LogP contribution in [0.4, 0.5) is 0 Å². The van der Waals surface area contributed by atoms with E-state index in [1.54, 1.807) is 11.3 Å². The summed E-state index contributed by atoms with van der Waals surface area (Å²) >= 11 is 1.80. The molecule has 0 aromatic carbocycles. The number of nitrogens with zero attached hydrogens (tertiary/aromatic N) is 1. The molecule has 2 nitrogen and oxygen atoms in total. The number of aryl methyl sites for hydroxylation is 2. The van der Waals surface area contributed by atoms with Crippen molar-refractivity contribution < 1.29 is 0 Å². The standard InChI is InChI=1S/C13H22N2S/c1-8(2)13(11-5-6-11)14-7-12-9(3)16-10(4)15-12/h8,11,13-14H,5-7H2,1-4H3. The molecule has 1 saturated carbocycles. The maximum atomic E-state index is 4.58. The lowest BCUT2D eigenvalue weighted by Gasteiger charge is -2.21. The average molecular weight is 238 g/mol. The molecular weight excluding hydrogens is 216 g/mol. The van der Waals surface area contributed by atoms with Crippen molar-refractivity contribution in [3.05, 3.63) is 15.6 Å². The molecule has 1 N–H and O–H groups in total. The van der Waals surface area contributed by atoms with Crippen LogP contribution in [0.3, 0.4) is 0 Å². The monoisotopic (exact) mass is 238 g/mol. The summed E-state index contributed by atoms with van der Waals surface area (Å²) in [6.07, 6.45) is 2.82. The van der Waals surface area contributed by atoms with E-state index in [9.17, 15) is 0 Å². The fraction of sp³-hybridized carbons (Fsp3) is 0.769. The van der Waals surface area contributed by atoms with Gasteiger partial charge in [0.25, 0.3) is 0 Å². The number of rotatable bonds is 5. The van der Waals surface area contributed by atoms with E-state index in [1.165, 1.54) is 28.4 Å². The minimum Gasteiger partial charge on any atom is -0.308 e. The van der Waals surface area contributed by atoms with Gasteiger partial charge in [-0.1, -0.05) is 13.8 Å². The van der Waals surface area contributed by atoms with E-state index in [2.05, 4.69) is 38.0 Å². The predicted molar refractivity (Wildman–Crippen MR) is 69.8 cm³/mol. The third-order valence-corrected chi connectivity index (χ3v) is 4.28. The summed E-state index contributed by atoms with van der Waals surface area (Å²) in [4.78, 5) is 5.94. The SMILES string of the molecule is Cc1nc(CNC(C(C)C)C2CC2)c(C)s1. The van der Waals surface area contributed by atoms with Gasteiger partial charge in [0.15, 0.2) is 0 Å². The number of nitrogens with one attached hydrogen (secondary N) is 1. The maximum absolute atomic E-state index is 4.58. The van der Waals surface area contributed by atoms with Crippen molar-refractivity contribution in [2.75, 3.05) is 0 Å². The molecule has 0 saturated heterocycles. The molecule has 1 aliphatic carbocycles. The highest BCUT2D eigenvalue weighted by atomic mass is 32.1. The van der Waals surface area contributed by atoms with Gasteiger partial charge in [-0.25, -0.2) is 4.98 Å². The highest BCUT2D eigenvalue weighted by Crippen LogP contribution is 2.35. The fourth-order valence-electron chi connectivity index (χ4n) is 2.35. The Bertz CT molecular complexity index is 351. The minimum atomic E-state index is 0.682. The Hall–Kier alpha value is -0.410. The molecule has 0 radical (unpaired) electrons. The Morgan fingerprint density at radius 1 is 1.38 bits per heavy atom. The Morgan fingerprint density at radius 3 is 2.50 bits per heavy atom. The lowest BCUT2D eigenvalue weighted by molar-refractivity contribution is 0.357. The quantitative estimate of drug-likeness (QED) is 0.851. The zero-order valence-corrected chi connectivity index (χ0v) is 11.5. The molecule has 1 heterocycles. The molecule has 1 aromatic heterocycles. The zero-order chi connectivity index (χ0) is 11.7. The minimum absolute atomic E-state index is 0.682. The van der Waals surface area contributed by atoms with Crippen LogP contribution in [-0.2, 0) is 6.54 Å². The van der Waals surface area contributed by atoms with Crippen molar-refractivity contribution in [3.8, 4) is 0 Å². The molecule has 0 spiro atoms. The summed E-state index contributed by atoms with van der Waals surface area (Å²) < 4.78 is 0. The van der Waals surface area contributed by atoms with Gasteiger partial charge in [-0.3, -0.25) is 0 Å². The van der Waals surface area contributed by atoms with Gasteiger partial charge in [0.05, 0.1) is 10.7 Å². The van der Waals surface area contributed by atoms with Crippen LogP contribution in [0.2, 0.25) is 0 Å². The lowest BCUT2D eigenvalue weighted by Crippen LogP contribution is -2.35. The second-order valence-corrected chi connectivity index (χ2v) is 6.63. The van der Waals surface area contributed by atoms with E-state index in [0.29, 0.717) is 6.04 Å². The average Bonchev–Trinajstić information content (AvgIpc) is 2.94. The molecule has 1 aromatic rings. The van der Waals surface area contributed by atoms with E-state index in [-0.39, 0.29) is 0 Å². The van der Waals surface area contributed by atoms with Crippen molar-refractivity contribution in [2.45, 2.75) is 53.1 Å². The van der Waals surface area contributed by atoms with Gasteiger partial charge in [0, 0.05) is 17.5 Å². The van der Waals surface area contributed by atoms with Crippen molar-refractivity contribution in [1.82, 2.24) is 10.3 Å². The van der Waals surface area contributed by atoms with E-state index in [1.807, 2.05) is 0 Å². The highest BCUT2D eigenvalue weighted by Gasteiger charge is 2.32. The largest absolute Gasteiger partial charge is 0.308 e. The summed E-state index contributed by atoms with van der Waals surface area (Å²) in [5, 5.41) is 4.88. The van der Waals surface area contributed by atoms with Gasteiger partial charge in [0.1, 0.15) is 0 Å². The van der Waals surface area contributed by atoms with Crippen LogP contribution in [0, 0.1) is 25.7 Å². The van der Waals surface area contributed by atoms with Crippen LogP contribution in [0.15, 0.2) is 0 Å². The maximum Gasteiger partial charge on any atom is 0.0900 e. The van der Waals surface area contributed by atoms with Gasteiger partial charge < -0.3 is 5.32 Å². The topological polar surface area (TPSA) is 24.9 Å². The molecule has 16 heavy (non-hydrogen) atoms. The van der Waals surface area contributed by atoms with E-state index in [4.69, 9.17) is 0 Å². The third kappa shape index (κ3) is 2.83. The van der Waals surface area contributed by atoms with Crippen molar-refractivity contribution in [1.29, 1.82) is 0 Å². The van der Waals surface area contributed by atoms with E-state index in [0.717, 1.165) is 18.4 Å². The molecule has 3 heteroatoms. The van der Waals surface area contributed by atoms with Gasteiger partial charge >= 0.3 is 0 Å². The van der Waals surface area contributed by atoms with Crippen LogP contribution in [0.1, 0.15) is 42.3 Å². The van der Waals surface area contributed by atoms with E-state index < -0.39 is 0 Å². The first-order valence-electron chi connectivity index (χ1n) is 6.24. The predicted octanol–water partition coefficient (Wildman–Crippen LogP) is 3.28. The molecule has 0 amide bonds. The summed E-state index contributed by atoms with van der Waals surface area (Å²) in [6.45, 7) is 9.82. The van der Waals surface area contributed by atoms with Crippen molar-refractivity contribution in [3.63, 3.8) is 0 Å². The fourth-order valence-corrected chi connectivity index (χ4v) is 3.19. The van der Waals surface area contributed by atoms with Crippen LogP contribution < -0.4 is 5.32 Å². The Morgan fingerprint density at radius 2 is 2.06 bits per heavy atom. The Balaban J connectivity index is 1.92. The lowest BCUT2D eigenvalue weighted by atomic mass is 9.99. The molecule has 1 aliphatic rings. The molecule has 1 atom stereocenters. The number of thiazole rings is 1. The van der Waals surface area contributed by atoms with Crippen LogP contribution in [-0.4, -0.2) is 11.0 Å². The van der Waals surface area contributed by atoms with Crippen molar-refractivity contribution >= 4 is 11.3 Å². The second kappa shape index (κ2) is 4.84. The third-order valence-electron chi connectivity index (χ3n) is 3.35. The molecular formula is C13H22N2S. The smallest absolute Gasteiger partial charge is 0.0900 e. The first kappa shape index (κ1) is 12.1. The molecule has 90 valence electrons. The van der Waals surface area contributed by atoms with Gasteiger partial charge in [-0.2, -0.15) is 0 Å². The Kier molecular flexibility index (Phi) is 3.65. The van der Waals surface area contributed by atoms with Gasteiger partial charge in [-0.15, -0.1) is 11.3 Å². The molecule has 0 bridgehead atoms. The number of aromatic nitrogens is 1. The molecule has 1 unspecified atom stereocenters. The second-order valence-electron chi connectivity index (χ2n) is 5.22. The molecule has 1 fully saturated rings. The van der Waals surface area contributed by atoms with Gasteiger partial charge in [-0.05, 0) is 38.5 Å². The molecule has 2 rings (SSSR count). The summed E-state index contributed by atoms with van der Waals surface area (Å²) in [5.74, 6) is 1.65. The first-order valence-corrected chi connectivity index (χ1v) is 7.06. The Labute approximate surface area is 102 Å². The normalized spacial score (nSPS) is 18.1. The molecule has 0 aliphatic heterocycles. The first-order chi connectivity index (χ1) is 7.58. The number of hydrogen-bond acceptors (Lipinski definition) is 3. The highest BCUT2D eigenvalue weighted by molar-refractivity contribution is 7.11. The van der Waals surface area contributed by atoms with Crippen LogP contribution in [0.5, 0.6) is 0 Å². The van der Waals surface area contributed by atoms with E-state index >= 15 is 0 Å². The summed E-state index contributed by atoms with van der Waals surface area (Å²) in [5.41, 5.74) is 1.24. The van der Waals surface area contributed by atoms with Crippen LogP contribution >= 0.6 is 11.3 Å². The number of hydrogen-bond donors (Lipinski definition) is 1. The van der Waals surface area contributed by atoms with Crippen molar-refractivity contribution in [2.24, 2.45) is 11.8 Å². The summed E-state index contributed by atoms with van der Waals surface area (Å²) in [7, 11) is 0. The van der Waals surface area contributed by atoms with Gasteiger partial charge in [0.2, 0.25) is 0 Å².